The second-order valence-corrected chi connectivity index (χ2v) is 7.71. The lowest BCUT2D eigenvalue weighted by Crippen LogP contribution is -2.71. The number of carbonyl (C=O) groups excluding carboxylic acids is 2. The van der Waals surface area contributed by atoms with Crippen LogP contribution in [0.3, 0.4) is 0 Å². The molecule has 4 nitrogen and oxygen atoms in total. The summed E-state index contributed by atoms with van der Waals surface area (Å²) in [6.07, 6.45) is 5.62. The first-order chi connectivity index (χ1) is 9.74. The lowest BCUT2D eigenvalue weighted by atomic mass is 9.74. The molecule has 4 heteroatoms. The van der Waals surface area contributed by atoms with Crippen molar-refractivity contribution >= 4 is 11.8 Å². The van der Waals surface area contributed by atoms with Gasteiger partial charge in [-0.05, 0) is 50.9 Å². The summed E-state index contributed by atoms with van der Waals surface area (Å²) < 4.78 is 0. The molecule has 2 fully saturated rings. The molecule has 2 amide bonds. The van der Waals surface area contributed by atoms with Crippen LogP contribution in [0.4, 0.5) is 0 Å². The maximum atomic E-state index is 13.0. The molecular weight excluding hydrogens is 264 g/mol. The van der Waals surface area contributed by atoms with Gasteiger partial charge in [-0.3, -0.25) is 9.59 Å². The van der Waals surface area contributed by atoms with Crippen LogP contribution >= 0.6 is 0 Å². The Morgan fingerprint density at radius 3 is 2.19 bits per heavy atom. The molecule has 1 aliphatic heterocycles. The first kappa shape index (κ1) is 16.3. The van der Waals surface area contributed by atoms with Crippen molar-refractivity contribution in [1.29, 1.82) is 0 Å². The Balaban J connectivity index is 2.24. The van der Waals surface area contributed by atoms with E-state index < -0.39 is 5.54 Å². The third-order valence-corrected chi connectivity index (χ3v) is 5.54. The predicted octanol–water partition coefficient (Wildman–Crippen LogP) is 2.86. The molecule has 0 spiro atoms. The van der Waals surface area contributed by atoms with Crippen LogP contribution in [-0.4, -0.2) is 34.3 Å². The first-order valence-corrected chi connectivity index (χ1v) is 8.39. The minimum absolute atomic E-state index is 0.0197. The summed E-state index contributed by atoms with van der Waals surface area (Å²) in [6.45, 7) is 10.4. The van der Waals surface area contributed by atoms with Crippen LogP contribution in [0.5, 0.6) is 0 Å². The monoisotopic (exact) mass is 294 g/mol. The summed E-state index contributed by atoms with van der Waals surface area (Å²) in [5.74, 6) is 0.132. The average molecular weight is 294 g/mol. The molecule has 1 heterocycles. The Hall–Kier alpha value is -1.06. The number of nitrogens with zero attached hydrogens (tertiary/aromatic N) is 1. The fourth-order valence-electron chi connectivity index (χ4n) is 3.67. The summed E-state index contributed by atoms with van der Waals surface area (Å²) in [5.41, 5.74) is -0.358. The highest BCUT2D eigenvalue weighted by Gasteiger charge is 2.49. The van der Waals surface area contributed by atoms with E-state index in [0.717, 1.165) is 25.7 Å². The van der Waals surface area contributed by atoms with Gasteiger partial charge < -0.3 is 10.2 Å². The zero-order valence-corrected chi connectivity index (χ0v) is 14.2. The van der Waals surface area contributed by atoms with E-state index in [4.69, 9.17) is 0 Å². The van der Waals surface area contributed by atoms with Gasteiger partial charge in [0.25, 0.3) is 0 Å². The Morgan fingerprint density at radius 2 is 1.71 bits per heavy atom. The molecule has 2 aliphatic rings. The van der Waals surface area contributed by atoms with Crippen molar-refractivity contribution in [3.05, 3.63) is 0 Å². The molecule has 1 aliphatic carbocycles. The van der Waals surface area contributed by atoms with Crippen molar-refractivity contribution in [3.63, 3.8) is 0 Å². The number of hydrogen-bond donors (Lipinski definition) is 1. The van der Waals surface area contributed by atoms with E-state index in [0.29, 0.717) is 18.3 Å². The average Bonchev–Trinajstić information content (AvgIpc) is 2.43. The van der Waals surface area contributed by atoms with Gasteiger partial charge >= 0.3 is 0 Å². The highest BCUT2D eigenvalue weighted by molar-refractivity contribution is 5.99. The van der Waals surface area contributed by atoms with E-state index in [1.165, 1.54) is 0 Å². The van der Waals surface area contributed by atoms with Crippen LogP contribution in [0.1, 0.15) is 73.1 Å². The highest BCUT2D eigenvalue weighted by atomic mass is 16.2. The van der Waals surface area contributed by atoms with Crippen molar-refractivity contribution in [1.82, 2.24) is 10.2 Å². The van der Waals surface area contributed by atoms with Gasteiger partial charge in [-0.15, -0.1) is 0 Å². The molecular formula is C17H30N2O2. The van der Waals surface area contributed by atoms with Gasteiger partial charge in [0.05, 0.1) is 0 Å². The van der Waals surface area contributed by atoms with E-state index in [1.54, 1.807) is 0 Å². The molecule has 2 rings (SSSR count). The van der Waals surface area contributed by atoms with Crippen LogP contribution in [0.25, 0.3) is 0 Å². The number of rotatable bonds is 3. The lowest BCUT2D eigenvalue weighted by molar-refractivity contribution is -0.159. The maximum absolute atomic E-state index is 13.0. The standard InChI is InChI=1S/C17H30N2O2/c1-6-13-14(20)18-17(5,7-2)15(21)19(13)12-8-10-16(3,4)11-9-12/h12-13H,6-11H2,1-5H3,(H,18,20). The fraction of sp³-hybridized carbons (Fsp3) is 0.882. The summed E-state index contributed by atoms with van der Waals surface area (Å²) >= 11 is 0. The SMILES string of the molecule is CCC1C(=O)NC(C)(CC)C(=O)N1C1CCC(C)(C)CC1. The Bertz CT molecular complexity index is 423. The van der Waals surface area contributed by atoms with Gasteiger partial charge in [0.15, 0.2) is 0 Å². The number of nitrogens with one attached hydrogen (secondary N) is 1. The van der Waals surface area contributed by atoms with E-state index in [9.17, 15) is 9.59 Å². The molecule has 2 unspecified atom stereocenters. The minimum Gasteiger partial charge on any atom is -0.340 e. The second kappa shape index (κ2) is 5.62. The smallest absolute Gasteiger partial charge is 0.248 e. The van der Waals surface area contributed by atoms with E-state index in [-0.39, 0.29) is 23.9 Å². The molecule has 0 aromatic carbocycles. The van der Waals surface area contributed by atoms with Gasteiger partial charge in [-0.2, -0.15) is 0 Å². The number of piperazine rings is 1. The molecule has 1 saturated carbocycles. The Morgan fingerprint density at radius 1 is 1.14 bits per heavy atom. The van der Waals surface area contributed by atoms with Gasteiger partial charge in [0.2, 0.25) is 11.8 Å². The number of hydrogen-bond acceptors (Lipinski definition) is 2. The minimum atomic E-state index is -0.726. The summed E-state index contributed by atoms with van der Waals surface area (Å²) in [4.78, 5) is 27.3. The van der Waals surface area contributed by atoms with Crippen LogP contribution in [-0.2, 0) is 9.59 Å². The zero-order chi connectivity index (χ0) is 15.8. The largest absolute Gasteiger partial charge is 0.340 e. The molecule has 2 atom stereocenters. The molecule has 0 radical (unpaired) electrons. The molecule has 120 valence electrons. The molecule has 0 bridgehead atoms. The van der Waals surface area contributed by atoms with Crippen molar-refractivity contribution in [2.24, 2.45) is 5.41 Å². The van der Waals surface area contributed by atoms with Crippen LogP contribution < -0.4 is 5.32 Å². The molecule has 0 aromatic heterocycles. The van der Waals surface area contributed by atoms with E-state index in [1.807, 2.05) is 25.7 Å². The molecule has 21 heavy (non-hydrogen) atoms. The third kappa shape index (κ3) is 2.95. The number of carbonyl (C=O) groups is 2. The third-order valence-electron chi connectivity index (χ3n) is 5.54. The molecule has 1 saturated heterocycles. The van der Waals surface area contributed by atoms with Crippen molar-refractivity contribution < 1.29 is 9.59 Å². The van der Waals surface area contributed by atoms with Crippen molar-refractivity contribution in [2.45, 2.75) is 90.8 Å². The number of amides is 2. The van der Waals surface area contributed by atoms with E-state index in [2.05, 4.69) is 19.2 Å². The summed E-state index contributed by atoms with van der Waals surface area (Å²) in [6, 6.07) is -0.0595. The molecule has 0 aromatic rings. The normalized spacial score (nSPS) is 34.0. The Labute approximate surface area is 128 Å². The topological polar surface area (TPSA) is 49.4 Å². The maximum Gasteiger partial charge on any atom is 0.248 e. The predicted molar refractivity (Wildman–Crippen MR) is 83.8 cm³/mol. The molecule has 1 N–H and O–H groups in total. The summed E-state index contributed by atoms with van der Waals surface area (Å²) in [7, 11) is 0. The zero-order valence-electron chi connectivity index (χ0n) is 14.2. The van der Waals surface area contributed by atoms with Crippen molar-refractivity contribution in [2.75, 3.05) is 0 Å². The van der Waals surface area contributed by atoms with Gasteiger partial charge in [-0.1, -0.05) is 27.7 Å². The fourth-order valence-corrected chi connectivity index (χ4v) is 3.67. The quantitative estimate of drug-likeness (QED) is 0.870. The van der Waals surface area contributed by atoms with Crippen LogP contribution in [0.2, 0.25) is 0 Å². The summed E-state index contributed by atoms with van der Waals surface area (Å²) in [5, 5.41) is 2.95. The highest BCUT2D eigenvalue weighted by Crippen LogP contribution is 2.39. The second-order valence-electron chi connectivity index (χ2n) is 7.71. The first-order valence-electron chi connectivity index (χ1n) is 8.39. The van der Waals surface area contributed by atoms with Crippen LogP contribution in [0, 0.1) is 5.41 Å². The Kier molecular flexibility index (Phi) is 4.36. The van der Waals surface area contributed by atoms with Crippen LogP contribution in [0.15, 0.2) is 0 Å². The van der Waals surface area contributed by atoms with E-state index >= 15 is 0 Å². The van der Waals surface area contributed by atoms with Gasteiger partial charge in [0.1, 0.15) is 11.6 Å². The van der Waals surface area contributed by atoms with Crippen molar-refractivity contribution in [3.8, 4) is 0 Å². The lowest BCUT2D eigenvalue weighted by Gasteiger charge is -2.49. The van der Waals surface area contributed by atoms with Gasteiger partial charge in [-0.25, -0.2) is 0 Å². The van der Waals surface area contributed by atoms with Gasteiger partial charge in [0, 0.05) is 6.04 Å².